The normalized spacial score (nSPS) is 11.9. The first kappa shape index (κ1) is 14.1. The molecule has 1 aromatic rings. The lowest BCUT2D eigenvalue weighted by Crippen LogP contribution is -2.42. The molecule has 0 heterocycles. The highest BCUT2D eigenvalue weighted by atomic mass is 19.1. The molecule has 0 fully saturated rings. The number of carboxylic acids is 1. The number of anilines is 1. The molecule has 0 saturated heterocycles. The topological polar surface area (TPSA) is 83.6 Å². The number of nitrogens with two attached hydrogens (primary N) is 1. The number of carbonyl (C=O) groups excluding carboxylic acids is 1. The second kappa shape index (κ2) is 6.11. The summed E-state index contributed by atoms with van der Waals surface area (Å²) in [6, 6.07) is 4.86. The van der Waals surface area contributed by atoms with Crippen molar-refractivity contribution < 1.29 is 19.1 Å². The lowest BCUT2D eigenvalue weighted by molar-refractivity contribution is -0.137. The maximum Gasteiger partial charge on any atom is 0.303 e. The van der Waals surface area contributed by atoms with E-state index >= 15 is 0 Å². The maximum absolute atomic E-state index is 13.4. The van der Waals surface area contributed by atoms with E-state index in [1.54, 1.807) is 6.07 Å². The molecular formula is C12H15FN2O3. The highest BCUT2D eigenvalue weighted by Gasteiger charge is 2.21. The van der Waals surface area contributed by atoms with Crippen molar-refractivity contribution in [2.45, 2.75) is 18.9 Å². The van der Waals surface area contributed by atoms with Crippen molar-refractivity contribution in [3.63, 3.8) is 0 Å². The number of carbonyl (C=O) groups is 2. The van der Waals surface area contributed by atoms with Gasteiger partial charge >= 0.3 is 5.97 Å². The Kier molecular flexibility index (Phi) is 4.79. The van der Waals surface area contributed by atoms with Crippen molar-refractivity contribution in [3.05, 3.63) is 30.1 Å². The van der Waals surface area contributed by atoms with Crippen LogP contribution in [0.2, 0.25) is 0 Å². The lowest BCUT2D eigenvalue weighted by Gasteiger charge is -2.21. The Morgan fingerprint density at radius 1 is 1.44 bits per heavy atom. The van der Waals surface area contributed by atoms with Crippen molar-refractivity contribution in [1.82, 2.24) is 0 Å². The van der Waals surface area contributed by atoms with E-state index in [0.29, 0.717) is 0 Å². The number of rotatable bonds is 5. The first-order chi connectivity index (χ1) is 8.43. The van der Waals surface area contributed by atoms with E-state index in [0.717, 1.165) is 4.90 Å². The van der Waals surface area contributed by atoms with Crippen LogP contribution in [0, 0.1) is 5.82 Å². The number of likely N-dealkylation sites (N-methyl/N-ethyl adjacent to an activating group) is 1. The number of aliphatic carboxylic acids is 1. The van der Waals surface area contributed by atoms with Crippen LogP contribution in [-0.2, 0) is 9.59 Å². The molecule has 0 aliphatic rings. The van der Waals surface area contributed by atoms with E-state index in [9.17, 15) is 14.0 Å². The van der Waals surface area contributed by atoms with Gasteiger partial charge in [0.05, 0.1) is 11.7 Å². The number of carboxylic acid groups (broad SMARTS) is 1. The van der Waals surface area contributed by atoms with Gasteiger partial charge < -0.3 is 15.7 Å². The molecule has 0 spiro atoms. The average Bonchev–Trinajstić information content (AvgIpc) is 2.34. The molecule has 1 rings (SSSR count). The summed E-state index contributed by atoms with van der Waals surface area (Å²) < 4.78 is 13.4. The molecule has 0 aliphatic carbocycles. The van der Waals surface area contributed by atoms with Crippen LogP contribution in [-0.4, -0.2) is 30.1 Å². The summed E-state index contributed by atoms with van der Waals surface area (Å²) in [5, 5.41) is 8.50. The number of para-hydroxylation sites is 1. The van der Waals surface area contributed by atoms with Gasteiger partial charge in [0.2, 0.25) is 5.91 Å². The molecule has 0 aromatic heterocycles. The summed E-state index contributed by atoms with van der Waals surface area (Å²) in [7, 11) is 1.40. The van der Waals surface area contributed by atoms with Crippen LogP contribution in [0.1, 0.15) is 12.8 Å². The molecule has 0 radical (unpaired) electrons. The number of halogens is 1. The summed E-state index contributed by atoms with van der Waals surface area (Å²) in [6.07, 6.45) is -0.176. The van der Waals surface area contributed by atoms with Gasteiger partial charge in [0.15, 0.2) is 0 Å². The number of amides is 1. The van der Waals surface area contributed by atoms with Crippen LogP contribution in [0.5, 0.6) is 0 Å². The van der Waals surface area contributed by atoms with E-state index < -0.39 is 23.7 Å². The molecule has 18 heavy (non-hydrogen) atoms. The molecule has 1 aromatic carbocycles. The summed E-state index contributed by atoms with van der Waals surface area (Å²) in [5.74, 6) is -2.06. The van der Waals surface area contributed by atoms with Crippen LogP contribution in [0.4, 0.5) is 10.1 Å². The van der Waals surface area contributed by atoms with Gasteiger partial charge in [0.25, 0.3) is 0 Å². The molecule has 5 nitrogen and oxygen atoms in total. The molecule has 6 heteroatoms. The average molecular weight is 254 g/mol. The van der Waals surface area contributed by atoms with E-state index in [2.05, 4.69) is 0 Å². The van der Waals surface area contributed by atoms with Gasteiger partial charge in [0, 0.05) is 13.5 Å². The van der Waals surface area contributed by atoms with Crippen LogP contribution < -0.4 is 10.6 Å². The lowest BCUT2D eigenvalue weighted by atomic mass is 10.1. The second-order valence-electron chi connectivity index (χ2n) is 3.89. The van der Waals surface area contributed by atoms with Crippen molar-refractivity contribution >= 4 is 17.6 Å². The predicted octanol–water partition coefficient (Wildman–Crippen LogP) is 0.981. The van der Waals surface area contributed by atoms with Crippen LogP contribution in [0.15, 0.2) is 24.3 Å². The molecule has 1 amide bonds. The van der Waals surface area contributed by atoms with Crippen molar-refractivity contribution in [2.75, 3.05) is 11.9 Å². The first-order valence-corrected chi connectivity index (χ1v) is 5.43. The number of nitrogens with zero attached hydrogens (tertiary/aromatic N) is 1. The zero-order valence-corrected chi connectivity index (χ0v) is 9.97. The Balaban J connectivity index is 2.72. The highest BCUT2D eigenvalue weighted by Crippen LogP contribution is 2.18. The zero-order valence-electron chi connectivity index (χ0n) is 9.97. The quantitative estimate of drug-likeness (QED) is 0.820. The van der Waals surface area contributed by atoms with Gasteiger partial charge in [-0.15, -0.1) is 0 Å². The molecule has 0 bridgehead atoms. The smallest absolute Gasteiger partial charge is 0.303 e. The molecule has 3 N–H and O–H groups in total. The SMILES string of the molecule is CN(C(=O)C(N)CCC(=O)O)c1ccccc1F. The number of hydrogen-bond acceptors (Lipinski definition) is 3. The highest BCUT2D eigenvalue weighted by molar-refractivity contribution is 5.96. The van der Waals surface area contributed by atoms with Gasteiger partial charge in [-0.25, -0.2) is 4.39 Å². The third-order valence-electron chi connectivity index (χ3n) is 2.53. The summed E-state index contributed by atoms with van der Waals surface area (Å²) in [4.78, 5) is 23.3. The van der Waals surface area contributed by atoms with E-state index in [-0.39, 0.29) is 18.5 Å². The van der Waals surface area contributed by atoms with E-state index in [1.807, 2.05) is 0 Å². The van der Waals surface area contributed by atoms with Gasteiger partial charge in [-0.1, -0.05) is 12.1 Å². The van der Waals surface area contributed by atoms with Crippen LogP contribution >= 0.6 is 0 Å². The minimum atomic E-state index is -1.02. The van der Waals surface area contributed by atoms with Gasteiger partial charge in [-0.3, -0.25) is 9.59 Å². The third kappa shape index (κ3) is 3.53. The summed E-state index contributed by atoms with van der Waals surface area (Å²) in [5.41, 5.74) is 5.70. The number of benzene rings is 1. The largest absolute Gasteiger partial charge is 0.481 e. The first-order valence-electron chi connectivity index (χ1n) is 5.43. The fraction of sp³-hybridized carbons (Fsp3) is 0.333. The monoisotopic (exact) mass is 254 g/mol. The molecular weight excluding hydrogens is 239 g/mol. The molecule has 98 valence electrons. The maximum atomic E-state index is 13.4. The Morgan fingerprint density at radius 3 is 2.61 bits per heavy atom. The fourth-order valence-corrected chi connectivity index (χ4v) is 1.49. The predicted molar refractivity (Wildman–Crippen MR) is 64.7 cm³/mol. The summed E-state index contributed by atoms with van der Waals surface area (Å²) in [6.45, 7) is 0. The Labute approximate surface area is 104 Å². The number of hydrogen-bond donors (Lipinski definition) is 2. The van der Waals surface area contributed by atoms with E-state index in [4.69, 9.17) is 10.8 Å². The van der Waals surface area contributed by atoms with Gasteiger partial charge in [0.1, 0.15) is 5.82 Å². The minimum Gasteiger partial charge on any atom is -0.481 e. The van der Waals surface area contributed by atoms with Gasteiger partial charge in [-0.2, -0.15) is 0 Å². The fourth-order valence-electron chi connectivity index (χ4n) is 1.49. The minimum absolute atomic E-state index is 0.0208. The van der Waals surface area contributed by atoms with Crippen molar-refractivity contribution in [3.8, 4) is 0 Å². The van der Waals surface area contributed by atoms with Gasteiger partial charge in [-0.05, 0) is 18.6 Å². The standard InChI is InChI=1S/C12H15FN2O3/c1-15(10-5-3-2-4-8(10)13)12(18)9(14)6-7-11(16)17/h2-5,9H,6-7,14H2,1H3,(H,16,17). The Morgan fingerprint density at radius 2 is 2.06 bits per heavy atom. The third-order valence-corrected chi connectivity index (χ3v) is 2.53. The van der Waals surface area contributed by atoms with Crippen LogP contribution in [0.3, 0.4) is 0 Å². The zero-order chi connectivity index (χ0) is 13.7. The Bertz CT molecular complexity index is 451. The van der Waals surface area contributed by atoms with Crippen LogP contribution in [0.25, 0.3) is 0 Å². The molecule has 0 aliphatic heterocycles. The van der Waals surface area contributed by atoms with Crippen molar-refractivity contribution in [2.24, 2.45) is 5.73 Å². The molecule has 1 unspecified atom stereocenters. The summed E-state index contributed by atoms with van der Waals surface area (Å²) >= 11 is 0. The Hall–Kier alpha value is -1.95. The van der Waals surface area contributed by atoms with Crippen molar-refractivity contribution in [1.29, 1.82) is 0 Å². The molecule has 0 saturated carbocycles. The second-order valence-corrected chi connectivity index (χ2v) is 3.89. The molecule has 1 atom stereocenters. The van der Waals surface area contributed by atoms with E-state index in [1.165, 1.54) is 25.2 Å².